The summed E-state index contributed by atoms with van der Waals surface area (Å²) < 4.78 is 0. The van der Waals surface area contributed by atoms with Crippen LogP contribution in [0.4, 0.5) is 0 Å². The number of hydrogen-bond donors (Lipinski definition) is 1. The number of amides is 1. The summed E-state index contributed by atoms with van der Waals surface area (Å²) in [5.74, 6) is 1.41. The molecule has 0 radical (unpaired) electrons. The van der Waals surface area contributed by atoms with Gasteiger partial charge < -0.3 is 5.32 Å². The van der Waals surface area contributed by atoms with Crippen LogP contribution in [0.1, 0.15) is 29.4 Å². The highest BCUT2D eigenvalue weighted by molar-refractivity contribution is 7.99. The zero-order valence-electron chi connectivity index (χ0n) is 13.2. The van der Waals surface area contributed by atoms with Crippen molar-refractivity contribution in [2.24, 2.45) is 0 Å². The van der Waals surface area contributed by atoms with Crippen LogP contribution < -0.4 is 5.32 Å². The number of hydrogen-bond acceptors (Lipinski definition) is 5. The molecule has 0 saturated heterocycles. The molecule has 1 atom stereocenters. The Hall–Kier alpha value is -1.53. The van der Waals surface area contributed by atoms with Crippen molar-refractivity contribution in [3.8, 4) is 0 Å². The van der Waals surface area contributed by atoms with Crippen molar-refractivity contribution in [2.75, 3.05) is 11.5 Å². The van der Waals surface area contributed by atoms with Crippen molar-refractivity contribution in [3.05, 3.63) is 47.3 Å². The maximum absolute atomic E-state index is 12.3. The van der Waals surface area contributed by atoms with E-state index in [1.807, 2.05) is 43.8 Å². The van der Waals surface area contributed by atoms with Gasteiger partial charge in [-0.2, -0.15) is 0 Å². The zero-order valence-corrected chi connectivity index (χ0v) is 14.8. The monoisotopic (exact) mass is 345 g/mol. The van der Waals surface area contributed by atoms with Crippen molar-refractivity contribution < 1.29 is 4.79 Å². The first-order valence-corrected chi connectivity index (χ1v) is 9.55. The van der Waals surface area contributed by atoms with Crippen LogP contribution in [-0.2, 0) is 4.79 Å². The molecule has 0 fully saturated rings. The van der Waals surface area contributed by atoms with Gasteiger partial charge in [-0.15, -0.1) is 11.8 Å². The highest BCUT2D eigenvalue weighted by atomic mass is 32.2. The largest absolute Gasteiger partial charge is 0.348 e. The molecule has 120 valence electrons. The number of rotatable bonds is 4. The van der Waals surface area contributed by atoms with E-state index in [2.05, 4.69) is 27.4 Å². The van der Waals surface area contributed by atoms with E-state index in [4.69, 9.17) is 0 Å². The van der Waals surface area contributed by atoms with Crippen LogP contribution in [0.2, 0.25) is 0 Å². The average Bonchev–Trinajstić information content (AvgIpc) is 2.52. The van der Waals surface area contributed by atoms with Crippen LogP contribution in [0, 0.1) is 13.8 Å². The van der Waals surface area contributed by atoms with Crippen molar-refractivity contribution in [2.45, 2.75) is 36.4 Å². The highest BCUT2D eigenvalue weighted by Gasteiger charge is 2.21. The van der Waals surface area contributed by atoms with E-state index >= 15 is 0 Å². The number of benzene rings is 1. The van der Waals surface area contributed by atoms with E-state index in [-0.39, 0.29) is 11.9 Å². The Labute approximate surface area is 144 Å². The van der Waals surface area contributed by atoms with Crippen molar-refractivity contribution in [1.82, 2.24) is 15.3 Å². The quantitative estimate of drug-likeness (QED) is 0.678. The standard InChI is InChI=1S/C17H19N3OS2/c1-11-9-12(2)19-17(18-11)23-10-16(21)20-14-7-8-22-15-6-4-3-5-13(14)15/h3-6,9,14H,7-8,10H2,1-2H3,(H,20,21). The zero-order chi connectivity index (χ0) is 16.2. The minimum Gasteiger partial charge on any atom is -0.348 e. The van der Waals surface area contributed by atoms with Gasteiger partial charge in [0.2, 0.25) is 5.91 Å². The fourth-order valence-corrected chi connectivity index (χ4v) is 4.50. The van der Waals surface area contributed by atoms with Gasteiger partial charge >= 0.3 is 0 Å². The smallest absolute Gasteiger partial charge is 0.230 e. The molecule has 3 rings (SSSR count). The Bertz CT molecular complexity index is 700. The van der Waals surface area contributed by atoms with Gasteiger partial charge in [-0.05, 0) is 38.0 Å². The molecule has 0 spiro atoms. The Balaban J connectivity index is 1.60. The van der Waals surface area contributed by atoms with Gasteiger partial charge in [0.25, 0.3) is 0 Å². The SMILES string of the molecule is Cc1cc(C)nc(SCC(=O)NC2CCSc3ccccc32)n1. The molecule has 1 N–H and O–H groups in total. The highest BCUT2D eigenvalue weighted by Crippen LogP contribution is 2.35. The van der Waals surface area contributed by atoms with E-state index in [9.17, 15) is 4.79 Å². The van der Waals surface area contributed by atoms with Gasteiger partial charge in [0.05, 0.1) is 11.8 Å². The van der Waals surface area contributed by atoms with E-state index < -0.39 is 0 Å². The molecular formula is C17H19N3OS2. The number of carbonyl (C=O) groups excluding carboxylic acids is 1. The average molecular weight is 345 g/mol. The van der Waals surface area contributed by atoms with Crippen molar-refractivity contribution in [1.29, 1.82) is 0 Å². The summed E-state index contributed by atoms with van der Waals surface area (Å²) in [6, 6.07) is 10.3. The molecule has 1 aliphatic heterocycles. The first kappa shape index (κ1) is 16.3. The van der Waals surface area contributed by atoms with Crippen LogP contribution in [-0.4, -0.2) is 27.4 Å². The van der Waals surface area contributed by atoms with E-state index in [1.165, 1.54) is 22.2 Å². The maximum Gasteiger partial charge on any atom is 0.230 e. The summed E-state index contributed by atoms with van der Waals surface area (Å²) in [7, 11) is 0. The second-order valence-corrected chi connectivity index (χ2v) is 7.60. The number of fused-ring (bicyclic) bond motifs is 1. The van der Waals surface area contributed by atoms with Crippen LogP contribution in [0.15, 0.2) is 40.4 Å². The van der Waals surface area contributed by atoms with Gasteiger partial charge in [-0.25, -0.2) is 9.97 Å². The van der Waals surface area contributed by atoms with Crippen LogP contribution in [0.5, 0.6) is 0 Å². The van der Waals surface area contributed by atoms with Gasteiger partial charge in [0.15, 0.2) is 5.16 Å². The van der Waals surface area contributed by atoms with Crippen LogP contribution in [0.3, 0.4) is 0 Å². The summed E-state index contributed by atoms with van der Waals surface area (Å²) in [6.45, 7) is 3.88. The Morgan fingerprint density at radius 2 is 2.04 bits per heavy atom. The molecule has 4 nitrogen and oxygen atoms in total. The molecule has 1 amide bonds. The molecule has 2 heterocycles. The number of aryl methyl sites for hydroxylation is 2. The third-order valence-electron chi connectivity index (χ3n) is 3.59. The van der Waals surface area contributed by atoms with Crippen molar-refractivity contribution >= 4 is 29.4 Å². The van der Waals surface area contributed by atoms with Gasteiger partial charge in [0.1, 0.15) is 0 Å². The number of aromatic nitrogens is 2. The van der Waals surface area contributed by atoms with Gasteiger partial charge in [0, 0.05) is 22.0 Å². The van der Waals surface area contributed by atoms with Crippen LogP contribution >= 0.6 is 23.5 Å². The minimum absolute atomic E-state index is 0.0319. The number of carbonyl (C=O) groups is 1. The van der Waals surface area contributed by atoms with Gasteiger partial charge in [-0.1, -0.05) is 30.0 Å². The Morgan fingerprint density at radius 1 is 1.30 bits per heavy atom. The number of nitrogens with one attached hydrogen (secondary N) is 1. The molecule has 0 aliphatic carbocycles. The molecule has 1 aromatic heterocycles. The summed E-state index contributed by atoms with van der Waals surface area (Å²) in [5.41, 5.74) is 3.09. The predicted octanol–water partition coefficient (Wildman–Crippen LogP) is 3.54. The molecule has 0 saturated carbocycles. The van der Waals surface area contributed by atoms with E-state index in [0.29, 0.717) is 10.9 Å². The predicted molar refractivity (Wildman–Crippen MR) is 94.9 cm³/mol. The Kier molecular flexibility index (Phi) is 5.23. The van der Waals surface area contributed by atoms with Crippen molar-refractivity contribution in [3.63, 3.8) is 0 Å². The molecule has 23 heavy (non-hydrogen) atoms. The molecule has 1 aromatic carbocycles. The summed E-state index contributed by atoms with van der Waals surface area (Å²) >= 11 is 3.24. The first-order valence-electron chi connectivity index (χ1n) is 7.58. The lowest BCUT2D eigenvalue weighted by Crippen LogP contribution is -2.31. The fraction of sp³-hybridized carbons (Fsp3) is 0.353. The van der Waals surface area contributed by atoms with E-state index in [1.54, 1.807) is 0 Å². The molecule has 6 heteroatoms. The van der Waals surface area contributed by atoms with Gasteiger partial charge in [-0.3, -0.25) is 4.79 Å². The summed E-state index contributed by atoms with van der Waals surface area (Å²) in [4.78, 5) is 22.3. The maximum atomic E-state index is 12.3. The minimum atomic E-state index is 0.0319. The molecule has 2 aromatic rings. The molecular weight excluding hydrogens is 326 g/mol. The number of nitrogens with zero attached hydrogens (tertiary/aromatic N) is 2. The normalized spacial score (nSPS) is 16.7. The topological polar surface area (TPSA) is 54.9 Å². The molecule has 1 aliphatic rings. The molecule has 0 bridgehead atoms. The lowest BCUT2D eigenvalue weighted by atomic mass is 10.0. The van der Waals surface area contributed by atoms with Crippen LogP contribution in [0.25, 0.3) is 0 Å². The third-order valence-corrected chi connectivity index (χ3v) is 5.56. The van der Waals surface area contributed by atoms with E-state index in [0.717, 1.165) is 23.6 Å². The second-order valence-electron chi connectivity index (χ2n) is 5.52. The second kappa shape index (κ2) is 7.36. The lowest BCUT2D eigenvalue weighted by molar-refractivity contribution is -0.119. The third kappa shape index (κ3) is 4.26. The first-order chi connectivity index (χ1) is 11.1. The summed E-state index contributed by atoms with van der Waals surface area (Å²) in [5, 5.41) is 3.81. The summed E-state index contributed by atoms with van der Waals surface area (Å²) in [6.07, 6.45) is 0.970. The Morgan fingerprint density at radius 3 is 2.83 bits per heavy atom. The molecule has 1 unspecified atom stereocenters. The lowest BCUT2D eigenvalue weighted by Gasteiger charge is -2.25. The number of thioether (sulfide) groups is 2. The fourth-order valence-electron chi connectivity index (χ4n) is 2.62.